The van der Waals surface area contributed by atoms with Crippen LogP contribution in [0.15, 0.2) is 41.3 Å². The summed E-state index contributed by atoms with van der Waals surface area (Å²) in [6.45, 7) is 2.02. The molecule has 0 saturated heterocycles. The lowest BCUT2D eigenvalue weighted by Crippen LogP contribution is -2.23. The zero-order valence-electron chi connectivity index (χ0n) is 13.7. The molecule has 0 spiro atoms. The molecule has 9 heteroatoms. The van der Waals surface area contributed by atoms with E-state index in [2.05, 4.69) is 30.5 Å². The number of pyridine rings is 1. The molecule has 0 saturated carbocycles. The Bertz CT molecular complexity index is 1060. The summed E-state index contributed by atoms with van der Waals surface area (Å²) in [5, 5.41) is 18.6. The third-order valence-corrected chi connectivity index (χ3v) is 4.00. The van der Waals surface area contributed by atoms with E-state index in [0.717, 1.165) is 5.69 Å². The standard InChI is InChI=1S/C16H15N7O2/c1-10-12(21-25-20-10)8-17-16(24)11-5-6-14-18-19-15(23(14)9-11)13-4-3-7-22(13)2/h3-7,9H,8H2,1-2H3,(H,17,24). The number of carbonyl (C=O) groups is 1. The van der Waals surface area contributed by atoms with Gasteiger partial charge in [-0.05, 0) is 31.2 Å². The second kappa shape index (κ2) is 5.86. The van der Waals surface area contributed by atoms with Crippen LogP contribution >= 0.6 is 0 Å². The lowest BCUT2D eigenvalue weighted by Gasteiger charge is -2.06. The Morgan fingerprint density at radius 1 is 1.24 bits per heavy atom. The predicted octanol–water partition coefficient (Wildman–Crippen LogP) is 1.36. The van der Waals surface area contributed by atoms with Gasteiger partial charge in [0.25, 0.3) is 5.91 Å². The molecule has 1 amide bonds. The van der Waals surface area contributed by atoms with Crippen LogP contribution in [-0.4, -0.2) is 35.4 Å². The number of hydrogen-bond donors (Lipinski definition) is 1. The first-order valence-corrected chi connectivity index (χ1v) is 7.66. The number of nitrogens with one attached hydrogen (secondary N) is 1. The van der Waals surface area contributed by atoms with E-state index < -0.39 is 0 Å². The van der Waals surface area contributed by atoms with E-state index in [4.69, 9.17) is 0 Å². The summed E-state index contributed by atoms with van der Waals surface area (Å²) < 4.78 is 8.37. The third kappa shape index (κ3) is 2.65. The predicted molar refractivity (Wildman–Crippen MR) is 87.6 cm³/mol. The Balaban J connectivity index is 1.63. The topological polar surface area (TPSA) is 103 Å². The van der Waals surface area contributed by atoms with Crippen LogP contribution < -0.4 is 5.32 Å². The van der Waals surface area contributed by atoms with Crippen LogP contribution in [0.1, 0.15) is 21.7 Å². The number of aromatic nitrogens is 6. The maximum absolute atomic E-state index is 12.4. The molecule has 0 aliphatic rings. The van der Waals surface area contributed by atoms with Gasteiger partial charge in [0.2, 0.25) is 0 Å². The molecule has 0 unspecified atom stereocenters. The normalized spacial score (nSPS) is 11.1. The molecule has 0 aliphatic carbocycles. The number of fused-ring (bicyclic) bond motifs is 1. The van der Waals surface area contributed by atoms with Crippen molar-refractivity contribution in [1.29, 1.82) is 0 Å². The number of carbonyl (C=O) groups excluding carboxylic acids is 1. The van der Waals surface area contributed by atoms with Crippen molar-refractivity contribution in [3.8, 4) is 11.5 Å². The Labute approximate surface area is 142 Å². The second-order valence-corrected chi connectivity index (χ2v) is 5.65. The fraction of sp³-hybridized carbons (Fsp3) is 0.188. The molecule has 126 valence electrons. The Morgan fingerprint density at radius 2 is 2.12 bits per heavy atom. The third-order valence-electron chi connectivity index (χ3n) is 4.00. The number of aryl methyl sites for hydroxylation is 2. The lowest BCUT2D eigenvalue weighted by atomic mass is 10.2. The molecule has 4 rings (SSSR count). The molecular formula is C16H15N7O2. The fourth-order valence-corrected chi connectivity index (χ4v) is 2.57. The first kappa shape index (κ1) is 15.1. The van der Waals surface area contributed by atoms with E-state index in [9.17, 15) is 4.79 Å². The van der Waals surface area contributed by atoms with Gasteiger partial charge in [0.1, 0.15) is 11.4 Å². The van der Waals surface area contributed by atoms with Gasteiger partial charge in [-0.25, -0.2) is 4.63 Å². The Kier molecular flexibility index (Phi) is 3.53. The minimum Gasteiger partial charge on any atom is -0.348 e. The van der Waals surface area contributed by atoms with Crippen molar-refractivity contribution >= 4 is 11.6 Å². The number of hydrogen-bond acceptors (Lipinski definition) is 6. The average Bonchev–Trinajstić information content (AvgIpc) is 3.32. The van der Waals surface area contributed by atoms with Gasteiger partial charge >= 0.3 is 0 Å². The average molecular weight is 337 g/mol. The van der Waals surface area contributed by atoms with Crippen LogP contribution in [0.25, 0.3) is 17.2 Å². The molecule has 25 heavy (non-hydrogen) atoms. The van der Waals surface area contributed by atoms with Crippen molar-refractivity contribution in [2.45, 2.75) is 13.5 Å². The highest BCUT2D eigenvalue weighted by Crippen LogP contribution is 2.19. The first-order valence-electron chi connectivity index (χ1n) is 7.66. The van der Waals surface area contributed by atoms with E-state index >= 15 is 0 Å². The Hall–Kier alpha value is -3.49. The highest BCUT2D eigenvalue weighted by Gasteiger charge is 2.14. The smallest absolute Gasteiger partial charge is 0.253 e. The summed E-state index contributed by atoms with van der Waals surface area (Å²) in [6.07, 6.45) is 3.65. The first-order chi connectivity index (χ1) is 12.1. The minimum atomic E-state index is -0.226. The summed E-state index contributed by atoms with van der Waals surface area (Å²) in [5.74, 6) is 0.449. The molecule has 0 fully saturated rings. The molecule has 0 aromatic carbocycles. The number of nitrogens with zero attached hydrogens (tertiary/aromatic N) is 6. The SMILES string of the molecule is Cc1nonc1CNC(=O)c1ccc2nnc(-c3cccn3C)n2c1. The molecular weight excluding hydrogens is 322 g/mol. The van der Waals surface area contributed by atoms with Crippen molar-refractivity contribution in [3.05, 3.63) is 53.6 Å². The highest BCUT2D eigenvalue weighted by molar-refractivity contribution is 5.94. The van der Waals surface area contributed by atoms with E-state index in [-0.39, 0.29) is 12.5 Å². The van der Waals surface area contributed by atoms with Gasteiger partial charge in [-0.2, -0.15) is 0 Å². The van der Waals surface area contributed by atoms with Crippen LogP contribution in [0.3, 0.4) is 0 Å². The van der Waals surface area contributed by atoms with Crippen molar-refractivity contribution in [2.24, 2.45) is 7.05 Å². The molecule has 0 atom stereocenters. The van der Waals surface area contributed by atoms with Crippen molar-refractivity contribution in [1.82, 2.24) is 34.8 Å². The molecule has 9 nitrogen and oxygen atoms in total. The van der Waals surface area contributed by atoms with Gasteiger partial charge in [-0.15, -0.1) is 10.2 Å². The van der Waals surface area contributed by atoms with Gasteiger partial charge in [-0.3, -0.25) is 9.20 Å². The molecule has 1 N–H and O–H groups in total. The van der Waals surface area contributed by atoms with Crippen LogP contribution in [0.2, 0.25) is 0 Å². The van der Waals surface area contributed by atoms with E-state index in [1.807, 2.05) is 29.9 Å². The van der Waals surface area contributed by atoms with Crippen molar-refractivity contribution in [2.75, 3.05) is 0 Å². The second-order valence-electron chi connectivity index (χ2n) is 5.65. The largest absolute Gasteiger partial charge is 0.348 e. The molecule has 0 aliphatic heterocycles. The van der Waals surface area contributed by atoms with Crippen LogP contribution in [0.4, 0.5) is 0 Å². The van der Waals surface area contributed by atoms with E-state index in [1.54, 1.807) is 29.7 Å². The zero-order chi connectivity index (χ0) is 17.4. The summed E-state index contributed by atoms with van der Waals surface area (Å²) in [4.78, 5) is 12.4. The van der Waals surface area contributed by atoms with Gasteiger partial charge in [0, 0.05) is 19.4 Å². The molecule has 4 heterocycles. The molecule has 0 radical (unpaired) electrons. The van der Waals surface area contributed by atoms with E-state index in [1.165, 1.54) is 0 Å². The summed E-state index contributed by atoms with van der Waals surface area (Å²) >= 11 is 0. The monoisotopic (exact) mass is 337 g/mol. The quantitative estimate of drug-likeness (QED) is 0.603. The summed E-state index contributed by atoms with van der Waals surface area (Å²) in [7, 11) is 1.93. The summed E-state index contributed by atoms with van der Waals surface area (Å²) in [6, 6.07) is 7.35. The molecule has 4 aromatic rings. The maximum atomic E-state index is 12.4. The van der Waals surface area contributed by atoms with Gasteiger partial charge < -0.3 is 9.88 Å². The van der Waals surface area contributed by atoms with Gasteiger partial charge in [0.15, 0.2) is 11.5 Å². The number of amides is 1. The maximum Gasteiger partial charge on any atom is 0.253 e. The van der Waals surface area contributed by atoms with Crippen molar-refractivity contribution < 1.29 is 9.42 Å². The fourth-order valence-electron chi connectivity index (χ4n) is 2.57. The molecule has 0 bridgehead atoms. The summed E-state index contributed by atoms with van der Waals surface area (Å²) in [5.41, 5.74) is 3.33. The minimum absolute atomic E-state index is 0.226. The van der Waals surface area contributed by atoms with Gasteiger partial charge in [0.05, 0.1) is 17.8 Å². The van der Waals surface area contributed by atoms with Crippen LogP contribution in [0.5, 0.6) is 0 Å². The zero-order valence-corrected chi connectivity index (χ0v) is 13.7. The van der Waals surface area contributed by atoms with Crippen LogP contribution in [-0.2, 0) is 13.6 Å². The van der Waals surface area contributed by atoms with E-state index in [0.29, 0.717) is 28.4 Å². The van der Waals surface area contributed by atoms with Gasteiger partial charge in [-0.1, -0.05) is 10.3 Å². The van der Waals surface area contributed by atoms with Crippen LogP contribution in [0, 0.1) is 6.92 Å². The lowest BCUT2D eigenvalue weighted by molar-refractivity contribution is 0.0949. The highest BCUT2D eigenvalue weighted by atomic mass is 16.6. The Morgan fingerprint density at radius 3 is 2.84 bits per heavy atom. The van der Waals surface area contributed by atoms with Crippen molar-refractivity contribution in [3.63, 3.8) is 0 Å². The number of rotatable bonds is 4. The molecule has 4 aromatic heterocycles.